The predicted molar refractivity (Wildman–Crippen MR) is 140 cm³/mol. The summed E-state index contributed by atoms with van der Waals surface area (Å²) in [5.41, 5.74) is -0.944. The fourth-order valence-electron chi connectivity index (χ4n) is 5.44. The van der Waals surface area contributed by atoms with Crippen molar-refractivity contribution < 1.29 is 42.9 Å². The van der Waals surface area contributed by atoms with E-state index in [1.165, 1.54) is 14.0 Å². The number of hydrogen-bond acceptors (Lipinski definition) is 7. The van der Waals surface area contributed by atoms with Crippen LogP contribution < -0.4 is 14.8 Å². The highest BCUT2D eigenvalue weighted by atomic mass is 19.2. The van der Waals surface area contributed by atoms with E-state index in [-0.39, 0.29) is 34.9 Å². The Hall–Kier alpha value is -4.73. The Labute approximate surface area is 227 Å². The van der Waals surface area contributed by atoms with Crippen LogP contribution >= 0.6 is 0 Å². The summed E-state index contributed by atoms with van der Waals surface area (Å²) in [4.78, 5) is 39.2. The zero-order valence-corrected chi connectivity index (χ0v) is 22.1. The highest BCUT2D eigenvalue weighted by Gasteiger charge is 2.55. The van der Waals surface area contributed by atoms with E-state index in [1.807, 2.05) is 6.92 Å². The van der Waals surface area contributed by atoms with Crippen molar-refractivity contribution in [2.24, 2.45) is 0 Å². The molecular formula is C30H25F2NO7. The van der Waals surface area contributed by atoms with Gasteiger partial charge in [-0.2, -0.15) is 0 Å². The molecule has 5 rings (SSSR count). The average molecular weight is 550 g/mol. The van der Waals surface area contributed by atoms with E-state index in [9.17, 15) is 33.4 Å². The van der Waals surface area contributed by atoms with E-state index in [1.54, 1.807) is 12.1 Å². The van der Waals surface area contributed by atoms with Crippen LogP contribution in [0.4, 0.5) is 8.78 Å². The minimum Gasteiger partial charge on any atom is -0.507 e. The molecule has 0 radical (unpaired) electrons. The van der Waals surface area contributed by atoms with Gasteiger partial charge in [-0.1, -0.05) is 19.1 Å². The van der Waals surface area contributed by atoms with E-state index in [0.29, 0.717) is 22.8 Å². The first-order chi connectivity index (χ1) is 18.9. The van der Waals surface area contributed by atoms with Gasteiger partial charge in [0.05, 0.1) is 12.7 Å². The SMILES string of the molecule is CCc1ccc2cc(F)c(F)cc2c1CNC(=O)c1c(OC)cc(O)c2c1OC1=CC(O)=C(C(C)=O)C(=O)[C@]12C. The van der Waals surface area contributed by atoms with Gasteiger partial charge in [0.1, 0.15) is 39.6 Å². The molecule has 0 saturated heterocycles. The van der Waals surface area contributed by atoms with Crippen molar-refractivity contribution in [2.75, 3.05) is 7.11 Å². The minimum absolute atomic E-state index is 0.0575. The second-order valence-corrected chi connectivity index (χ2v) is 9.79. The number of allylic oxidation sites excluding steroid dienone is 3. The first-order valence-corrected chi connectivity index (χ1v) is 12.4. The molecule has 206 valence electrons. The highest BCUT2D eigenvalue weighted by Crippen LogP contribution is 2.56. The number of aliphatic hydroxyl groups is 1. The molecule has 10 heteroatoms. The first kappa shape index (κ1) is 26.9. The van der Waals surface area contributed by atoms with Crippen molar-refractivity contribution in [3.8, 4) is 17.2 Å². The lowest BCUT2D eigenvalue weighted by Gasteiger charge is -2.27. The first-order valence-electron chi connectivity index (χ1n) is 12.4. The largest absolute Gasteiger partial charge is 0.507 e. The number of amides is 1. The summed E-state index contributed by atoms with van der Waals surface area (Å²) in [5.74, 6) is -5.47. The molecule has 0 bridgehead atoms. The van der Waals surface area contributed by atoms with E-state index in [0.717, 1.165) is 36.8 Å². The smallest absolute Gasteiger partial charge is 0.259 e. The third kappa shape index (κ3) is 3.82. The molecule has 1 atom stereocenters. The van der Waals surface area contributed by atoms with Gasteiger partial charge in [-0.15, -0.1) is 0 Å². The Morgan fingerprint density at radius 3 is 2.48 bits per heavy atom. The molecule has 1 aliphatic heterocycles. The number of Topliss-reactive ketones (excluding diaryl/α,β-unsaturated/α-hetero) is 2. The van der Waals surface area contributed by atoms with Crippen LogP contribution in [0.15, 0.2) is 53.5 Å². The third-order valence-electron chi connectivity index (χ3n) is 7.51. The van der Waals surface area contributed by atoms with Crippen LogP contribution in [-0.4, -0.2) is 34.8 Å². The van der Waals surface area contributed by atoms with E-state index in [4.69, 9.17) is 9.47 Å². The summed E-state index contributed by atoms with van der Waals surface area (Å²) in [5, 5.41) is 24.9. The minimum atomic E-state index is -1.69. The molecule has 1 heterocycles. The number of nitrogens with one attached hydrogen (secondary N) is 1. The number of phenolic OH excluding ortho intramolecular Hbond substituents is 1. The second-order valence-electron chi connectivity index (χ2n) is 9.79. The van der Waals surface area contributed by atoms with Crippen LogP contribution in [0.1, 0.15) is 47.8 Å². The zero-order chi connectivity index (χ0) is 29.1. The standard InChI is InChI=1S/C30H25F2NO7/c1-5-14-6-7-15-8-18(31)19(32)9-16(15)17(14)12-33-29(38)25-22(39-4)10-21(36)26-27(25)40-23-11-20(35)24(13(2)34)28(37)30(23,26)3/h6-11,35-36H,5,12H2,1-4H3,(H,33,38)/t30-/m1/s1. The summed E-state index contributed by atoms with van der Waals surface area (Å²) in [6, 6.07) is 6.79. The fourth-order valence-corrected chi connectivity index (χ4v) is 5.44. The van der Waals surface area contributed by atoms with Gasteiger partial charge in [0.15, 0.2) is 29.0 Å². The summed E-state index contributed by atoms with van der Waals surface area (Å²) >= 11 is 0. The van der Waals surface area contributed by atoms with Crippen LogP contribution in [0.5, 0.6) is 17.2 Å². The van der Waals surface area contributed by atoms with Crippen molar-refractivity contribution in [1.29, 1.82) is 0 Å². The maximum absolute atomic E-state index is 14.1. The molecule has 0 aromatic heterocycles. The number of carbonyl (C=O) groups is 3. The Morgan fingerprint density at radius 2 is 1.82 bits per heavy atom. The fraction of sp³-hybridized carbons (Fsp3) is 0.233. The Morgan fingerprint density at radius 1 is 1.12 bits per heavy atom. The molecule has 0 unspecified atom stereocenters. The lowest BCUT2D eigenvalue weighted by atomic mass is 9.71. The molecule has 3 N–H and O–H groups in total. The highest BCUT2D eigenvalue weighted by molar-refractivity contribution is 6.25. The average Bonchev–Trinajstić information content (AvgIpc) is 3.20. The van der Waals surface area contributed by atoms with Gasteiger partial charge < -0.3 is 25.0 Å². The number of rotatable bonds is 6. The Balaban J connectivity index is 1.59. The van der Waals surface area contributed by atoms with Crippen LogP contribution in [0.25, 0.3) is 10.8 Å². The second kappa shape index (κ2) is 9.48. The number of ether oxygens (including phenoxy) is 2. The number of phenols is 1. The molecule has 3 aromatic rings. The van der Waals surface area contributed by atoms with Gasteiger partial charge in [0.25, 0.3) is 5.91 Å². The van der Waals surface area contributed by atoms with Gasteiger partial charge in [0, 0.05) is 18.7 Å². The summed E-state index contributed by atoms with van der Waals surface area (Å²) in [6.07, 6.45) is 1.67. The maximum Gasteiger partial charge on any atom is 0.259 e. The van der Waals surface area contributed by atoms with Gasteiger partial charge >= 0.3 is 0 Å². The number of fused-ring (bicyclic) bond motifs is 4. The van der Waals surface area contributed by atoms with Crippen molar-refractivity contribution in [3.05, 3.63) is 87.4 Å². The molecule has 3 aromatic carbocycles. The molecule has 0 spiro atoms. The number of hydrogen-bond donors (Lipinski definition) is 3. The van der Waals surface area contributed by atoms with Gasteiger partial charge in [0.2, 0.25) is 0 Å². The van der Waals surface area contributed by atoms with Crippen LogP contribution in [0, 0.1) is 11.6 Å². The summed E-state index contributed by atoms with van der Waals surface area (Å²) < 4.78 is 39.2. The lowest BCUT2D eigenvalue weighted by Crippen LogP contribution is -2.38. The maximum atomic E-state index is 14.1. The van der Waals surface area contributed by atoms with Gasteiger partial charge in [-0.3, -0.25) is 14.4 Å². The van der Waals surface area contributed by atoms with Crippen LogP contribution in [0.3, 0.4) is 0 Å². The van der Waals surface area contributed by atoms with E-state index in [2.05, 4.69) is 5.32 Å². The molecule has 0 fully saturated rings. The molecule has 40 heavy (non-hydrogen) atoms. The number of aromatic hydroxyl groups is 1. The van der Waals surface area contributed by atoms with Crippen molar-refractivity contribution in [3.63, 3.8) is 0 Å². The van der Waals surface area contributed by atoms with E-state index >= 15 is 0 Å². The summed E-state index contributed by atoms with van der Waals surface area (Å²) in [7, 11) is 1.28. The normalized spacial score (nSPS) is 17.8. The molecule has 8 nitrogen and oxygen atoms in total. The van der Waals surface area contributed by atoms with Gasteiger partial charge in [-0.25, -0.2) is 8.78 Å². The summed E-state index contributed by atoms with van der Waals surface area (Å²) in [6.45, 7) is 4.38. The number of ketones is 2. The molecule has 0 saturated carbocycles. The third-order valence-corrected chi connectivity index (χ3v) is 7.51. The molecular weight excluding hydrogens is 524 g/mol. The van der Waals surface area contributed by atoms with Crippen LogP contribution in [-0.2, 0) is 28.0 Å². The Bertz CT molecular complexity index is 1720. The zero-order valence-electron chi connectivity index (χ0n) is 22.1. The quantitative estimate of drug-likeness (QED) is 0.376. The van der Waals surface area contributed by atoms with Crippen molar-refractivity contribution in [2.45, 2.75) is 39.2 Å². The predicted octanol–water partition coefficient (Wildman–Crippen LogP) is 4.84. The van der Waals surface area contributed by atoms with Gasteiger partial charge in [-0.05, 0) is 54.3 Å². The lowest BCUT2D eigenvalue weighted by molar-refractivity contribution is -0.123. The molecule has 1 aliphatic carbocycles. The molecule has 1 amide bonds. The number of benzene rings is 3. The van der Waals surface area contributed by atoms with E-state index < -0.39 is 51.6 Å². The molecule has 2 aliphatic rings. The number of halogens is 2. The number of methoxy groups -OCH3 is 1. The number of carbonyl (C=O) groups excluding carboxylic acids is 3. The van der Waals surface area contributed by atoms with Crippen molar-refractivity contribution >= 4 is 28.2 Å². The topological polar surface area (TPSA) is 122 Å². The monoisotopic (exact) mass is 549 g/mol. The van der Waals surface area contributed by atoms with Crippen molar-refractivity contribution in [1.82, 2.24) is 5.32 Å². The number of aliphatic hydroxyl groups excluding tert-OH is 1. The Kier molecular flexibility index (Phi) is 6.36. The van der Waals surface area contributed by atoms with Crippen LogP contribution in [0.2, 0.25) is 0 Å². The number of aryl methyl sites for hydroxylation is 1.